The number of hydrogen-bond donors (Lipinski definition) is 0. The first kappa shape index (κ1) is 15.3. The lowest BCUT2D eigenvalue weighted by molar-refractivity contribution is -0.222. The van der Waals surface area contributed by atoms with E-state index in [1.165, 1.54) is 19.9 Å². The molecule has 0 N–H and O–H groups in total. The zero-order valence-corrected chi connectivity index (χ0v) is 14.0. The van der Waals surface area contributed by atoms with Crippen molar-refractivity contribution in [3.05, 3.63) is 35.4 Å². The maximum atomic E-state index is 11.8. The maximum absolute atomic E-state index is 11.8. The van der Waals surface area contributed by atoms with E-state index in [2.05, 4.69) is 22.0 Å². The molecule has 0 aromatic heterocycles. The van der Waals surface area contributed by atoms with Crippen molar-refractivity contribution in [2.24, 2.45) is 0 Å². The molecule has 0 radical (unpaired) electrons. The number of halogens is 1. The van der Waals surface area contributed by atoms with Crippen molar-refractivity contribution in [2.75, 3.05) is 0 Å². The lowest BCUT2D eigenvalue weighted by Gasteiger charge is -2.29. The Labute approximate surface area is 131 Å². The number of rotatable bonds is 3. The number of esters is 2. The van der Waals surface area contributed by atoms with E-state index >= 15 is 0 Å². The van der Waals surface area contributed by atoms with Gasteiger partial charge in [0.15, 0.2) is 0 Å². The van der Waals surface area contributed by atoms with Gasteiger partial charge in [0.2, 0.25) is 0 Å². The Morgan fingerprint density at radius 3 is 2.20 bits per heavy atom. The van der Waals surface area contributed by atoms with E-state index in [9.17, 15) is 9.59 Å². The van der Waals surface area contributed by atoms with Gasteiger partial charge in [-0.2, -0.15) is 0 Å². The van der Waals surface area contributed by atoms with Crippen LogP contribution in [0.15, 0.2) is 29.8 Å². The summed E-state index contributed by atoms with van der Waals surface area (Å²) in [5, 5.41) is 0. The second kappa shape index (κ2) is 6.10. The largest absolute Gasteiger partial charge is 0.467 e. The highest BCUT2D eigenvalue weighted by atomic mass is 127. The first-order valence-electron chi connectivity index (χ1n) is 5.72. The van der Waals surface area contributed by atoms with Gasteiger partial charge in [-0.15, -0.1) is 0 Å². The van der Waals surface area contributed by atoms with E-state index in [1.807, 2.05) is 0 Å². The number of benzene rings is 1. The molecule has 0 amide bonds. The summed E-state index contributed by atoms with van der Waals surface area (Å²) in [7, 11) is 0. The van der Waals surface area contributed by atoms with Crippen LogP contribution in [0.25, 0.3) is 6.08 Å². The summed E-state index contributed by atoms with van der Waals surface area (Å²) in [4.78, 5) is 23.6. The van der Waals surface area contributed by atoms with Crippen molar-refractivity contribution >= 4 is 46.5 Å². The molecule has 1 aromatic carbocycles. The number of carbonyl (C=O) groups excluding carboxylic acids is 2. The summed E-state index contributed by atoms with van der Waals surface area (Å²) < 4.78 is 15.4. The van der Waals surface area contributed by atoms with E-state index in [0.29, 0.717) is 12.0 Å². The van der Waals surface area contributed by atoms with Crippen molar-refractivity contribution in [3.8, 4) is 5.75 Å². The van der Waals surface area contributed by atoms with Gasteiger partial charge < -0.3 is 14.0 Å². The van der Waals surface area contributed by atoms with E-state index in [0.717, 1.165) is 5.75 Å². The summed E-state index contributed by atoms with van der Waals surface area (Å²) in [6, 6.07) is 7.03. The van der Waals surface area contributed by atoms with Crippen LogP contribution in [0.1, 0.15) is 19.4 Å². The predicted octanol–water partition coefficient (Wildman–Crippen LogP) is 3.23. The molecule has 0 aliphatic carbocycles. The van der Waals surface area contributed by atoms with Crippen molar-refractivity contribution in [2.45, 2.75) is 19.6 Å². The fourth-order valence-electron chi connectivity index (χ4n) is 1.62. The molecule has 0 bridgehead atoms. The second-order valence-corrected chi connectivity index (χ2v) is 6.16. The Morgan fingerprint density at radius 2 is 1.70 bits per heavy atom. The van der Waals surface area contributed by atoms with Gasteiger partial charge in [0.25, 0.3) is 5.79 Å². The minimum absolute atomic E-state index is 0.117. The molecule has 0 saturated carbocycles. The number of ether oxygens (including phenoxy) is 2. The highest BCUT2D eigenvalue weighted by Crippen LogP contribution is 2.28. The SMILES string of the molecule is CC1(C)OC(=O)C(=Cc2ccc(OPI)cc2)C(=O)O1. The molecule has 1 aliphatic rings. The maximum Gasteiger partial charge on any atom is 0.348 e. The van der Waals surface area contributed by atoms with Gasteiger partial charge in [-0.05, 0) is 45.8 Å². The van der Waals surface area contributed by atoms with Crippen LogP contribution in [-0.2, 0) is 19.1 Å². The molecule has 1 aliphatic heterocycles. The zero-order chi connectivity index (χ0) is 14.8. The van der Waals surface area contributed by atoms with Crippen LogP contribution in [0.5, 0.6) is 5.75 Å². The summed E-state index contributed by atoms with van der Waals surface area (Å²) in [6.07, 6.45) is 1.44. The van der Waals surface area contributed by atoms with E-state index in [4.69, 9.17) is 14.0 Å². The Kier molecular flexibility index (Phi) is 4.65. The molecule has 0 spiro atoms. The highest BCUT2D eigenvalue weighted by molar-refractivity contribution is 14.2. The minimum Gasteiger partial charge on any atom is -0.467 e. The Balaban J connectivity index is 2.22. The van der Waals surface area contributed by atoms with Crippen molar-refractivity contribution in [1.29, 1.82) is 0 Å². The Morgan fingerprint density at radius 1 is 1.15 bits per heavy atom. The Hall–Kier alpha value is -1.14. The van der Waals surface area contributed by atoms with Crippen LogP contribution in [0, 0.1) is 0 Å². The molecule has 5 nitrogen and oxygen atoms in total. The van der Waals surface area contributed by atoms with Crippen LogP contribution >= 0.6 is 28.5 Å². The standard InChI is InChI=1S/C13H12IO5P/c1-13(2)17-11(15)10(12(16)18-13)7-8-3-5-9(6-4-8)19-20-14/h3-7,20H,1-2H3. The highest BCUT2D eigenvalue weighted by Gasteiger charge is 2.38. The van der Waals surface area contributed by atoms with Crippen LogP contribution in [-0.4, -0.2) is 17.7 Å². The molecule has 1 fully saturated rings. The lowest BCUT2D eigenvalue weighted by atomic mass is 10.1. The summed E-state index contributed by atoms with van der Waals surface area (Å²) in [5.74, 6) is -1.85. The number of hydrogen-bond acceptors (Lipinski definition) is 5. The van der Waals surface area contributed by atoms with Crippen molar-refractivity contribution in [3.63, 3.8) is 0 Å². The molecule has 20 heavy (non-hydrogen) atoms. The third-order valence-electron chi connectivity index (χ3n) is 2.46. The first-order chi connectivity index (χ1) is 9.41. The average Bonchev–Trinajstić information content (AvgIpc) is 2.35. The first-order valence-corrected chi connectivity index (χ1v) is 9.74. The average molecular weight is 406 g/mol. The van der Waals surface area contributed by atoms with Gasteiger partial charge in [-0.25, -0.2) is 9.59 Å². The topological polar surface area (TPSA) is 61.8 Å². The monoisotopic (exact) mass is 406 g/mol. The molecule has 7 heteroatoms. The molecule has 106 valence electrons. The molecule has 1 saturated heterocycles. The van der Waals surface area contributed by atoms with Crippen molar-refractivity contribution in [1.82, 2.24) is 0 Å². The third-order valence-corrected chi connectivity index (χ3v) is 3.44. The Bertz CT molecular complexity index is 543. The molecule has 1 atom stereocenters. The van der Waals surface area contributed by atoms with Crippen LogP contribution in [0.2, 0.25) is 0 Å². The molecular weight excluding hydrogens is 394 g/mol. The third kappa shape index (κ3) is 3.70. The van der Waals surface area contributed by atoms with E-state index in [-0.39, 0.29) is 5.57 Å². The van der Waals surface area contributed by atoms with E-state index < -0.39 is 17.7 Å². The zero-order valence-electron chi connectivity index (χ0n) is 10.8. The van der Waals surface area contributed by atoms with Gasteiger partial charge in [-0.1, -0.05) is 12.1 Å². The fraction of sp³-hybridized carbons (Fsp3) is 0.231. The number of cyclic esters (lactones) is 2. The summed E-state index contributed by atoms with van der Waals surface area (Å²) in [5.41, 5.74) is 0.575. The smallest absolute Gasteiger partial charge is 0.348 e. The molecule has 1 heterocycles. The van der Waals surface area contributed by atoms with Crippen LogP contribution < -0.4 is 4.52 Å². The quantitative estimate of drug-likeness (QED) is 0.254. The van der Waals surface area contributed by atoms with Gasteiger partial charge in [0, 0.05) is 13.8 Å². The van der Waals surface area contributed by atoms with Gasteiger partial charge >= 0.3 is 11.9 Å². The fourth-order valence-corrected chi connectivity index (χ4v) is 2.61. The van der Waals surface area contributed by atoms with E-state index in [1.54, 1.807) is 24.3 Å². The van der Waals surface area contributed by atoms with Gasteiger partial charge in [0.05, 0.1) is 0 Å². The van der Waals surface area contributed by atoms with Gasteiger partial charge in [-0.3, -0.25) is 0 Å². The second-order valence-electron chi connectivity index (χ2n) is 4.49. The molecule has 1 aromatic rings. The molecular formula is C13H12IO5P. The lowest BCUT2D eigenvalue weighted by Crippen LogP contribution is -2.41. The van der Waals surface area contributed by atoms with Crippen molar-refractivity contribution < 1.29 is 23.6 Å². The van der Waals surface area contributed by atoms with Crippen LogP contribution in [0.4, 0.5) is 0 Å². The summed E-state index contributed by atoms with van der Waals surface area (Å²) >= 11 is 2.12. The van der Waals surface area contributed by atoms with Gasteiger partial charge in [0.1, 0.15) is 17.8 Å². The molecule has 2 rings (SSSR count). The number of carbonyl (C=O) groups is 2. The molecule has 1 unspecified atom stereocenters. The predicted molar refractivity (Wildman–Crippen MR) is 83.6 cm³/mol. The normalized spacial score (nSPS) is 17.9. The summed E-state index contributed by atoms with van der Waals surface area (Å²) in [6.45, 7) is 3.35. The minimum atomic E-state index is -1.22. The van der Waals surface area contributed by atoms with Crippen LogP contribution in [0.3, 0.4) is 0 Å².